The number of hydrogen-bond acceptors (Lipinski definition) is 3. The molecular weight excluding hydrogens is 310 g/mol. The molecule has 0 atom stereocenters. The monoisotopic (exact) mass is 331 g/mol. The van der Waals surface area contributed by atoms with Gasteiger partial charge >= 0.3 is 0 Å². The van der Waals surface area contributed by atoms with Crippen molar-refractivity contribution in [2.24, 2.45) is 0 Å². The second-order valence-electron chi connectivity index (χ2n) is 5.73. The summed E-state index contributed by atoms with van der Waals surface area (Å²) in [5, 5.41) is 2.37. The molecule has 0 radical (unpaired) electrons. The molecule has 0 fully saturated rings. The molecule has 0 aromatic heterocycles. The summed E-state index contributed by atoms with van der Waals surface area (Å²) in [7, 11) is -3.31. The van der Waals surface area contributed by atoms with Crippen LogP contribution < -0.4 is 5.32 Å². The van der Waals surface area contributed by atoms with E-state index in [0.29, 0.717) is 12.1 Å². The topological polar surface area (TPSA) is 63.2 Å². The third kappa shape index (κ3) is 3.99. The van der Waals surface area contributed by atoms with Gasteiger partial charge in [0.1, 0.15) is 0 Å². The first kappa shape index (κ1) is 17.2. The molecule has 23 heavy (non-hydrogen) atoms. The number of aryl methyl sites for hydroxylation is 1. The van der Waals surface area contributed by atoms with Crippen LogP contribution in [0.1, 0.15) is 35.3 Å². The number of sulfone groups is 1. The lowest BCUT2D eigenvalue weighted by Gasteiger charge is -2.10. The molecule has 4 nitrogen and oxygen atoms in total. The molecular formula is C18H21NO3S. The van der Waals surface area contributed by atoms with Crippen molar-refractivity contribution in [3.05, 3.63) is 65.2 Å². The minimum absolute atomic E-state index is 0.221. The van der Waals surface area contributed by atoms with E-state index >= 15 is 0 Å². The Labute approximate surface area is 137 Å². The largest absolute Gasteiger partial charge is 0.348 e. The standard InChI is InChI=1S/C18H21NO3S/c1-13(2)23(21,22)17-10-8-15(9-11-17)18(20)19-12-16-7-5-4-6-14(16)3/h4-11,13H,12H2,1-3H3,(H,19,20). The van der Waals surface area contributed by atoms with Crippen LogP contribution in [0.4, 0.5) is 0 Å². The van der Waals surface area contributed by atoms with Crippen molar-refractivity contribution in [1.82, 2.24) is 5.32 Å². The highest BCUT2D eigenvalue weighted by Gasteiger charge is 2.19. The molecule has 0 heterocycles. The predicted octanol–water partition coefficient (Wildman–Crippen LogP) is 3.11. The van der Waals surface area contributed by atoms with Gasteiger partial charge in [-0.2, -0.15) is 0 Å². The molecule has 122 valence electrons. The van der Waals surface area contributed by atoms with E-state index in [1.807, 2.05) is 31.2 Å². The van der Waals surface area contributed by atoms with Gasteiger partial charge in [-0.1, -0.05) is 24.3 Å². The molecule has 2 rings (SSSR count). The van der Waals surface area contributed by atoms with Crippen LogP contribution in [-0.4, -0.2) is 19.6 Å². The SMILES string of the molecule is Cc1ccccc1CNC(=O)c1ccc(S(=O)(=O)C(C)C)cc1. The van der Waals surface area contributed by atoms with Crippen LogP contribution in [0.15, 0.2) is 53.4 Å². The highest BCUT2D eigenvalue weighted by atomic mass is 32.2. The van der Waals surface area contributed by atoms with Crippen LogP contribution in [0, 0.1) is 6.92 Å². The first-order valence-electron chi connectivity index (χ1n) is 7.49. The predicted molar refractivity (Wildman–Crippen MR) is 91.1 cm³/mol. The van der Waals surface area contributed by atoms with Crippen LogP contribution >= 0.6 is 0 Å². The molecule has 1 amide bonds. The minimum atomic E-state index is -3.31. The van der Waals surface area contributed by atoms with E-state index < -0.39 is 15.1 Å². The average molecular weight is 331 g/mol. The first-order chi connectivity index (χ1) is 10.8. The molecule has 1 N–H and O–H groups in total. The number of benzene rings is 2. The molecule has 0 saturated carbocycles. The van der Waals surface area contributed by atoms with Gasteiger partial charge in [0.25, 0.3) is 5.91 Å². The van der Waals surface area contributed by atoms with Crippen molar-refractivity contribution in [3.63, 3.8) is 0 Å². The summed E-state index contributed by atoms with van der Waals surface area (Å²) >= 11 is 0. The zero-order valence-electron chi connectivity index (χ0n) is 13.5. The fraction of sp³-hybridized carbons (Fsp3) is 0.278. The first-order valence-corrected chi connectivity index (χ1v) is 9.03. The van der Waals surface area contributed by atoms with Gasteiger partial charge in [0.2, 0.25) is 0 Å². The van der Waals surface area contributed by atoms with Crippen LogP contribution in [0.3, 0.4) is 0 Å². The van der Waals surface area contributed by atoms with E-state index in [-0.39, 0.29) is 10.8 Å². The molecule has 2 aromatic carbocycles. The van der Waals surface area contributed by atoms with E-state index in [0.717, 1.165) is 11.1 Å². The maximum absolute atomic E-state index is 12.2. The second kappa shape index (κ2) is 6.96. The summed E-state index contributed by atoms with van der Waals surface area (Å²) in [6.07, 6.45) is 0. The molecule has 0 aliphatic heterocycles. The Morgan fingerprint density at radius 3 is 2.22 bits per heavy atom. The van der Waals surface area contributed by atoms with Gasteiger partial charge in [0, 0.05) is 12.1 Å². The van der Waals surface area contributed by atoms with Gasteiger partial charge < -0.3 is 5.32 Å². The van der Waals surface area contributed by atoms with Gasteiger partial charge in [0.15, 0.2) is 9.84 Å². The second-order valence-corrected chi connectivity index (χ2v) is 8.23. The van der Waals surface area contributed by atoms with Crippen molar-refractivity contribution in [2.75, 3.05) is 0 Å². The van der Waals surface area contributed by atoms with Crippen LogP contribution in [0.5, 0.6) is 0 Å². The van der Waals surface area contributed by atoms with Crippen LogP contribution in [0.2, 0.25) is 0 Å². The number of carbonyl (C=O) groups is 1. The summed E-state index contributed by atoms with van der Waals surface area (Å²) < 4.78 is 24.1. The Bertz CT molecular complexity index is 793. The van der Waals surface area contributed by atoms with Crippen molar-refractivity contribution in [2.45, 2.75) is 37.5 Å². The van der Waals surface area contributed by atoms with E-state index in [9.17, 15) is 13.2 Å². The summed E-state index contributed by atoms with van der Waals surface area (Å²) in [4.78, 5) is 12.4. The Kier molecular flexibility index (Phi) is 5.21. The number of carbonyl (C=O) groups excluding carboxylic acids is 1. The molecule has 2 aromatic rings. The van der Waals surface area contributed by atoms with E-state index in [1.165, 1.54) is 12.1 Å². The van der Waals surface area contributed by atoms with Gasteiger partial charge in [0.05, 0.1) is 10.1 Å². The van der Waals surface area contributed by atoms with E-state index in [1.54, 1.807) is 26.0 Å². The molecule has 0 bridgehead atoms. The third-order valence-electron chi connectivity index (χ3n) is 3.77. The maximum atomic E-state index is 12.2. The Balaban J connectivity index is 2.08. The highest BCUT2D eigenvalue weighted by molar-refractivity contribution is 7.92. The molecule has 0 spiro atoms. The van der Waals surface area contributed by atoms with Gasteiger partial charge in [-0.15, -0.1) is 0 Å². The summed E-state index contributed by atoms with van der Waals surface area (Å²) in [5.74, 6) is -0.221. The van der Waals surface area contributed by atoms with Crippen molar-refractivity contribution >= 4 is 15.7 Å². The zero-order chi connectivity index (χ0) is 17.0. The molecule has 0 unspecified atom stereocenters. The van der Waals surface area contributed by atoms with Crippen LogP contribution in [0.25, 0.3) is 0 Å². The average Bonchev–Trinajstić information content (AvgIpc) is 2.53. The lowest BCUT2D eigenvalue weighted by molar-refractivity contribution is 0.0951. The molecule has 0 saturated heterocycles. The van der Waals surface area contributed by atoms with Gasteiger partial charge in [-0.05, 0) is 56.2 Å². The normalized spacial score (nSPS) is 11.5. The lowest BCUT2D eigenvalue weighted by atomic mass is 10.1. The van der Waals surface area contributed by atoms with Crippen molar-refractivity contribution in [1.29, 1.82) is 0 Å². The number of rotatable bonds is 5. The van der Waals surface area contributed by atoms with Gasteiger partial charge in [-0.25, -0.2) is 8.42 Å². The Morgan fingerprint density at radius 1 is 1.04 bits per heavy atom. The highest BCUT2D eigenvalue weighted by Crippen LogP contribution is 2.16. The van der Waals surface area contributed by atoms with Crippen LogP contribution in [-0.2, 0) is 16.4 Å². The van der Waals surface area contributed by atoms with E-state index in [2.05, 4.69) is 5.32 Å². The zero-order valence-corrected chi connectivity index (χ0v) is 14.4. The maximum Gasteiger partial charge on any atom is 0.251 e. The fourth-order valence-corrected chi connectivity index (χ4v) is 3.21. The summed E-state index contributed by atoms with van der Waals surface area (Å²) in [6, 6.07) is 13.9. The van der Waals surface area contributed by atoms with Crippen molar-refractivity contribution < 1.29 is 13.2 Å². The summed E-state index contributed by atoms with van der Waals surface area (Å²) in [6.45, 7) is 5.71. The number of nitrogens with one attached hydrogen (secondary N) is 1. The quantitative estimate of drug-likeness (QED) is 0.915. The molecule has 0 aliphatic rings. The van der Waals surface area contributed by atoms with Crippen molar-refractivity contribution in [3.8, 4) is 0 Å². The van der Waals surface area contributed by atoms with Gasteiger partial charge in [-0.3, -0.25) is 4.79 Å². The number of hydrogen-bond donors (Lipinski definition) is 1. The summed E-state index contributed by atoms with van der Waals surface area (Å²) in [5.41, 5.74) is 2.62. The Morgan fingerprint density at radius 2 is 1.65 bits per heavy atom. The fourth-order valence-electron chi connectivity index (χ4n) is 2.15. The van der Waals surface area contributed by atoms with E-state index in [4.69, 9.17) is 0 Å². The molecule has 5 heteroatoms. The third-order valence-corrected chi connectivity index (χ3v) is 5.94. The number of amides is 1. The lowest BCUT2D eigenvalue weighted by Crippen LogP contribution is -2.23. The molecule has 0 aliphatic carbocycles. The minimum Gasteiger partial charge on any atom is -0.348 e. The Hall–Kier alpha value is -2.14. The smallest absolute Gasteiger partial charge is 0.251 e.